The molecule has 1 N–H and O–H groups in total. The van der Waals surface area contributed by atoms with E-state index in [1.54, 1.807) is 11.0 Å². The second-order valence-electron chi connectivity index (χ2n) is 6.76. The van der Waals surface area contributed by atoms with Crippen LogP contribution in [0.5, 0.6) is 0 Å². The number of hydrogen-bond donors (Lipinski definition) is 1. The van der Waals surface area contributed by atoms with Crippen LogP contribution in [-0.2, 0) is 0 Å². The highest BCUT2D eigenvalue weighted by atomic mass is 35.5. The highest BCUT2D eigenvalue weighted by Crippen LogP contribution is 2.20. The fraction of sp³-hybridized carbons (Fsp3) is 0.421. The van der Waals surface area contributed by atoms with Gasteiger partial charge in [0, 0.05) is 24.8 Å². The third-order valence-corrected chi connectivity index (χ3v) is 4.17. The van der Waals surface area contributed by atoms with E-state index in [1.807, 2.05) is 59.4 Å². The molecule has 0 aliphatic carbocycles. The standard InChI is InChI=1S/C19H26ClN5O/c1-13-12-17(23-19(21-13)25(4)5)18(26)22-16(10-11-24(2)3)14-6-8-15(20)9-7-14/h6-9,12,16H,10-11H2,1-5H3,(H,22,26). The number of benzene rings is 1. The fourth-order valence-corrected chi connectivity index (χ4v) is 2.63. The lowest BCUT2D eigenvalue weighted by Gasteiger charge is -2.21. The maximum Gasteiger partial charge on any atom is 0.270 e. The van der Waals surface area contributed by atoms with Gasteiger partial charge >= 0.3 is 0 Å². The zero-order chi connectivity index (χ0) is 19.3. The van der Waals surface area contributed by atoms with Crippen LogP contribution in [-0.4, -0.2) is 55.5 Å². The first kappa shape index (κ1) is 20.1. The Bertz CT molecular complexity index is 746. The van der Waals surface area contributed by atoms with Crippen molar-refractivity contribution in [2.45, 2.75) is 19.4 Å². The molecular formula is C19H26ClN5O. The van der Waals surface area contributed by atoms with Crippen LogP contribution in [0.25, 0.3) is 0 Å². The topological polar surface area (TPSA) is 61.4 Å². The van der Waals surface area contributed by atoms with Gasteiger partial charge in [-0.3, -0.25) is 4.79 Å². The van der Waals surface area contributed by atoms with Gasteiger partial charge in [-0.25, -0.2) is 9.97 Å². The first-order valence-electron chi connectivity index (χ1n) is 8.50. The van der Waals surface area contributed by atoms with Crippen molar-refractivity contribution in [3.05, 3.63) is 52.3 Å². The third-order valence-electron chi connectivity index (χ3n) is 3.92. The largest absolute Gasteiger partial charge is 0.347 e. The summed E-state index contributed by atoms with van der Waals surface area (Å²) < 4.78 is 0. The minimum Gasteiger partial charge on any atom is -0.347 e. The summed E-state index contributed by atoms with van der Waals surface area (Å²) in [4.78, 5) is 25.4. The number of hydrogen-bond acceptors (Lipinski definition) is 5. The Labute approximate surface area is 160 Å². The summed E-state index contributed by atoms with van der Waals surface area (Å²) in [7, 11) is 7.73. The van der Waals surface area contributed by atoms with E-state index in [9.17, 15) is 4.79 Å². The molecule has 0 bridgehead atoms. The van der Waals surface area contributed by atoms with Gasteiger partial charge in [-0.15, -0.1) is 0 Å². The van der Waals surface area contributed by atoms with Crippen molar-refractivity contribution in [1.29, 1.82) is 0 Å². The van der Waals surface area contributed by atoms with Crippen LogP contribution < -0.4 is 10.2 Å². The van der Waals surface area contributed by atoms with Crippen molar-refractivity contribution >= 4 is 23.5 Å². The number of rotatable bonds is 7. The minimum atomic E-state index is -0.211. The summed E-state index contributed by atoms with van der Waals surface area (Å²) in [6.45, 7) is 2.70. The predicted molar refractivity (Wildman–Crippen MR) is 106 cm³/mol. The number of halogens is 1. The Kier molecular flexibility index (Phi) is 6.94. The molecule has 0 aliphatic rings. The van der Waals surface area contributed by atoms with Gasteiger partial charge in [-0.1, -0.05) is 23.7 Å². The number of nitrogens with one attached hydrogen (secondary N) is 1. The van der Waals surface area contributed by atoms with Crippen LogP contribution in [0.3, 0.4) is 0 Å². The van der Waals surface area contributed by atoms with Crippen molar-refractivity contribution in [3.8, 4) is 0 Å². The molecule has 140 valence electrons. The van der Waals surface area contributed by atoms with Crippen LogP contribution >= 0.6 is 11.6 Å². The number of anilines is 1. The van der Waals surface area contributed by atoms with Crippen molar-refractivity contribution in [2.24, 2.45) is 0 Å². The molecule has 0 radical (unpaired) electrons. The average molecular weight is 376 g/mol. The first-order chi connectivity index (χ1) is 12.3. The number of aryl methyl sites for hydroxylation is 1. The van der Waals surface area contributed by atoms with Gasteiger partial charge in [-0.05, 0) is 57.7 Å². The quantitative estimate of drug-likeness (QED) is 0.806. The van der Waals surface area contributed by atoms with Gasteiger partial charge in [-0.2, -0.15) is 0 Å². The maximum absolute atomic E-state index is 12.8. The Morgan fingerprint density at radius 2 is 1.81 bits per heavy atom. The molecule has 1 unspecified atom stereocenters. The van der Waals surface area contributed by atoms with E-state index in [4.69, 9.17) is 11.6 Å². The molecule has 0 saturated carbocycles. The molecule has 1 amide bonds. The van der Waals surface area contributed by atoms with Gasteiger partial charge in [0.05, 0.1) is 6.04 Å². The summed E-state index contributed by atoms with van der Waals surface area (Å²) >= 11 is 5.99. The summed E-state index contributed by atoms with van der Waals surface area (Å²) in [5.41, 5.74) is 2.14. The van der Waals surface area contributed by atoms with Gasteiger partial charge in [0.2, 0.25) is 5.95 Å². The fourth-order valence-electron chi connectivity index (χ4n) is 2.51. The third kappa shape index (κ3) is 5.68. The second-order valence-corrected chi connectivity index (χ2v) is 7.19. The molecule has 0 fully saturated rings. The molecular weight excluding hydrogens is 350 g/mol. The molecule has 6 nitrogen and oxygen atoms in total. The van der Waals surface area contributed by atoms with E-state index in [1.165, 1.54) is 0 Å². The highest BCUT2D eigenvalue weighted by molar-refractivity contribution is 6.30. The lowest BCUT2D eigenvalue weighted by atomic mass is 10.0. The Morgan fingerprint density at radius 3 is 2.38 bits per heavy atom. The minimum absolute atomic E-state index is 0.125. The highest BCUT2D eigenvalue weighted by Gasteiger charge is 2.18. The molecule has 2 rings (SSSR count). The van der Waals surface area contributed by atoms with Crippen molar-refractivity contribution in [3.63, 3.8) is 0 Å². The van der Waals surface area contributed by atoms with Crippen LogP contribution in [0.15, 0.2) is 30.3 Å². The molecule has 1 heterocycles. The molecule has 1 atom stereocenters. The number of carbonyl (C=O) groups is 1. The average Bonchev–Trinajstić information content (AvgIpc) is 2.58. The SMILES string of the molecule is Cc1cc(C(=O)NC(CCN(C)C)c2ccc(Cl)cc2)nc(N(C)C)n1. The predicted octanol–water partition coefficient (Wildman–Crippen LogP) is 2.93. The molecule has 0 aliphatic heterocycles. The molecule has 1 aromatic heterocycles. The maximum atomic E-state index is 12.8. The van der Waals surface area contributed by atoms with Crippen molar-refractivity contribution in [1.82, 2.24) is 20.2 Å². The lowest BCUT2D eigenvalue weighted by molar-refractivity contribution is 0.0927. The van der Waals surface area contributed by atoms with Gasteiger partial charge in [0.1, 0.15) is 5.69 Å². The lowest BCUT2D eigenvalue weighted by Crippen LogP contribution is -2.32. The number of amides is 1. The summed E-state index contributed by atoms with van der Waals surface area (Å²) in [5.74, 6) is 0.309. The number of carbonyl (C=O) groups excluding carboxylic acids is 1. The van der Waals surface area contributed by atoms with Crippen molar-refractivity contribution in [2.75, 3.05) is 39.6 Å². The number of nitrogens with zero attached hydrogens (tertiary/aromatic N) is 4. The normalized spacial score (nSPS) is 12.1. The van der Waals surface area contributed by atoms with E-state index in [2.05, 4.69) is 20.2 Å². The Hall–Kier alpha value is -2.18. The smallest absolute Gasteiger partial charge is 0.270 e. The molecule has 26 heavy (non-hydrogen) atoms. The molecule has 7 heteroatoms. The summed E-state index contributed by atoms with van der Waals surface area (Å²) in [6, 6.07) is 9.14. The van der Waals surface area contributed by atoms with Crippen LogP contribution in [0, 0.1) is 6.92 Å². The molecule has 1 aromatic carbocycles. The van der Waals surface area contributed by atoms with Gasteiger partial charge in [0.25, 0.3) is 5.91 Å². The Morgan fingerprint density at radius 1 is 1.15 bits per heavy atom. The van der Waals surface area contributed by atoms with E-state index in [-0.39, 0.29) is 11.9 Å². The second kappa shape index (κ2) is 8.96. The van der Waals surface area contributed by atoms with Crippen molar-refractivity contribution < 1.29 is 4.79 Å². The van der Waals surface area contributed by atoms with E-state index >= 15 is 0 Å². The van der Waals surface area contributed by atoms with Gasteiger partial charge in [0.15, 0.2) is 0 Å². The first-order valence-corrected chi connectivity index (χ1v) is 8.88. The van der Waals surface area contributed by atoms with Gasteiger partial charge < -0.3 is 15.1 Å². The van der Waals surface area contributed by atoms with Crippen LogP contribution in [0.4, 0.5) is 5.95 Å². The zero-order valence-corrected chi connectivity index (χ0v) is 16.7. The monoisotopic (exact) mass is 375 g/mol. The molecule has 0 spiro atoms. The molecule has 2 aromatic rings. The van der Waals surface area contributed by atoms with E-state index in [0.29, 0.717) is 16.7 Å². The number of aromatic nitrogens is 2. The molecule has 0 saturated heterocycles. The van der Waals surface area contributed by atoms with E-state index < -0.39 is 0 Å². The zero-order valence-electron chi connectivity index (χ0n) is 16.0. The summed E-state index contributed by atoms with van der Waals surface area (Å²) in [5, 5.41) is 3.77. The van der Waals surface area contributed by atoms with E-state index in [0.717, 1.165) is 24.2 Å². The van der Waals surface area contributed by atoms with Crippen LogP contribution in [0.1, 0.15) is 34.2 Å². The Balaban J connectivity index is 2.24. The van der Waals surface area contributed by atoms with Crippen LogP contribution in [0.2, 0.25) is 5.02 Å². The summed E-state index contributed by atoms with van der Waals surface area (Å²) in [6.07, 6.45) is 0.783.